The Kier molecular flexibility index (Phi) is 5.05. The molecule has 0 aliphatic carbocycles. The number of aryl methyl sites for hydroxylation is 3. The maximum atomic E-state index is 6.68. The van der Waals surface area contributed by atoms with E-state index < -0.39 is 0 Å². The van der Waals surface area contributed by atoms with E-state index in [9.17, 15) is 0 Å². The van der Waals surface area contributed by atoms with Gasteiger partial charge in [-0.3, -0.25) is 0 Å². The topological polar surface area (TPSA) is 26.0 Å². The van der Waals surface area contributed by atoms with Gasteiger partial charge in [0.2, 0.25) is 0 Å². The largest absolute Gasteiger partial charge is 0.455 e. The first-order valence-corrected chi connectivity index (χ1v) is 12.6. The van der Waals surface area contributed by atoms with Crippen LogP contribution in [0.1, 0.15) is 43.0 Å². The van der Waals surface area contributed by atoms with Gasteiger partial charge < -0.3 is 4.42 Å². The van der Waals surface area contributed by atoms with Gasteiger partial charge in [0.1, 0.15) is 11.3 Å². The summed E-state index contributed by atoms with van der Waals surface area (Å²) in [4.78, 5) is 5.21. The number of nitrogens with zero attached hydrogens (tertiary/aromatic N) is 1. The van der Waals surface area contributed by atoms with Crippen LogP contribution in [-0.2, 0) is 5.41 Å². The minimum atomic E-state index is 0.00323. The van der Waals surface area contributed by atoms with Gasteiger partial charge in [-0.2, -0.15) is 0 Å². The van der Waals surface area contributed by atoms with E-state index in [4.69, 9.17) is 9.40 Å². The fraction of sp³-hybridized carbons (Fsp3) is 0.206. The summed E-state index contributed by atoms with van der Waals surface area (Å²) in [5.74, 6) is 0.899. The molecular weight excluding hydrogens is 438 g/mol. The highest BCUT2D eigenvalue weighted by Gasteiger charge is 2.22. The summed E-state index contributed by atoms with van der Waals surface area (Å²) in [5, 5.41) is 4.63. The molecule has 2 aromatic heterocycles. The van der Waals surface area contributed by atoms with Crippen LogP contribution >= 0.6 is 0 Å². The molecule has 0 amide bonds. The third-order valence-electron chi connectivity index (χ3n) is 7.23. The van der Waals surface area contributed by atoms with Crippen molar-refractivity contribution in [2.24, 2.45) is 0 Å². The molecule has 0 fully saturated rings. The molecule has 0 bridgehead atoms. The Labute approximate surface area is 212 Å². The van der Waals surface area contributed by atoms with Crippen LogP contribution in [0.2, 0.25) is 0 Å². The van der Waals surface area contributed by atoms with Crippen molar-refractivity contribution in [1.82, 2.24) is 4.98 Å². The normalized spacial score (nSPS) is 12.2. The summed E-state index contributed by atoms with van der Waals surface area (Å²) < 4.78 is 6.68. The van der Waals surface area contributed by atoms with Crippen molar-refractivity contribution in [3.8, 4) is 22.6 Å². The molecule has 2 nitrogen and oxygen atoms in total. The molecule has 0 saturated heterocycles. The molecule has 0 aliphatic heterocycles. The molecule has 36 heavy (non-hydrogen) atoms. The van der Waals surface area contributed by atoms with Gasteiger partial charge in [0, 0.05) is 21.9 Å². The molecular formula is C34H31NO. The number of pyridine rings is 1. The van der Waals surface area contributed by atoms with Crippen molar-refractivity contribution >= 4 is 32.6 Å². The number of furan rings is 1. The SMILES string of the molecule is Cc1cc(C)c(-c2cc3c(-c4cc(C(C)(C)C)c5ccccc5c4)nc4ccccc4c3o2)c(C)c1. The predicted octanol–water partition coefficient (Wildman–Crippen LogP) is 9.69. The molecule has 0 unspecified atom stereocenters. The van der Waals surface area contributed by atoms with E-state index in [-0.39, 0.29) is 5.41 Å². The third kappa shape index (κ3) is 3.60. The number of rotatable bonds is 2. The van der Waals surface area contributed by atoms with E-state index in [1.165, 1.54) is 38.6 Å². The number of para-hydroxylation sites is 1. The summed E-state index contributed by atoms with van der Waals surface area (Å²) in [6, 6.07) is 28.2. The average Bonchev–Trinajstić information content (AvgIpc) is 3.26. The molecule has 4 aromatic carbocycles. The average molecular weight is 470 g/mol. The highest BCUT2D eigenvalue weighted by atomic mass is 16.3. The smallest absolute Gasteiger partial charge is 0.146 e. The van der Waals surface area contributed by atoms with Gasteiger partial charge in [-0.15, -0.1) is 0 Å². The lowest BCUT2D eigenvalue weighted by atomic mass is 9.82. The Bertz CT molecular complexity index is 1770. The zero-order valence-corrected chi connectivity index (χ0v) is 21.9. The van der Waals surface area contributed by atoms with Gasteiger partial charge in [0.05, 0.1) is 11.2 Å². The summed E-state index contributed by atoms with van der Waals surface area (Å²) in [5.41, 5.74) is 10.2. The second-order valence-electron chi connectivity index (χ2n) is 11.1. The van der Waals surface area contributed by atoms with Crippen LogP contribution in [0.15, 0.2) is 83.3 Å². The maximum Gasteiger partial charge on any atom is 0.146 e. The molecule has 0 aliphatic rings. The van der Waals surface area contributed by atoms with Crippen LogP contribution in [-0.4, -0.2) is 4.98 Å². The molecule has 0 saturated carbocycles. The molecule has 0 atom stereocenters. The van der Waals surface area contributed by atoms with E-state index in [2.05, 4.69) is 114 Å². The fourth-order valence-corrected chi connectivity index (χ4v) is 5.69. The molecule has 0 radical (unpaired) electrons. The van der Waals surface area contributed by atoms with Gasteiger partial charge in [0.15, 0.2) is 0 Å². The van der Waals surface area contributed by atoms with Gasteiger partial charge in [-0.25, -0.2) is 4.98 Å². The second-order valence-corrected chi connectivity index (χ2v) is 11.1. The molecule has 178 valence electrons. The lowest BCUT2D eigenvalue weighted by molar-refractivity contribution is 0.596. The lowest BCUT2D eigenvalue weighted by Gasteiger charge is -2.23. The van der Waals surface area contributed by atoms with Crippen molar-refractivity contribution in [1.29, 1.82) is 0 Å². The van der Waals surface area contributed by atoms with Crippen LogP contribution in [0.5, 0.6) is 0 Å². The van der Waals surface area contributed by atoms with Crippen LogP contribution < -0.4 is 0 Å². The zero-order valence-electron chi connectivity index (χ0n) is 21.9. The standard InChI is InChI=1S/C34H31NO/c1-20-15-21(2)31(22(3)16-20)30-19-27-32(35-29-14-10-9-13-26(29)33(27)36-30)24-17-23-11-7-8-12-25(23)28(18-24)34(4,5)6/h7-19H,1-6H3. The molecule has 2 heterocycles. The highest BCUT2D eigenvalue weighted by molar-refractivity contribution is 6.10. The van der Waals surface area contributed by atoms with Crippen molar-refractivity contribution < 1.29 is 4.42 Å². The Morgan fingerprint density at radius 2 is 1.36 bits per heavy atom. The van der Waals surface area contributed by atoms with Crippen molar-refractivity contribution in [3.63, 3.8) is 0 Å². The van der Waals surface area contributed by atoms with Crippen LogP contribution in [0.3, 0.4) is 0 Å². The molecule has 6 rings (SSSR count). The van der Waals surface area contributed by atoms with E-state index in [1.807, 2.05) is 6.07 Å². The monoisotopic (exact) mass is 469 g/mol. The van der Waals surface area contributed by atoms with Gasteiger partial charge in [-0.1, -0.05) is 74.9 Å². The number of aromatic nitrogens is 1. The molecule has 0 spiro atoms. The van der Waals surface area contributed by atoms with Crippen LogP contribution in [0.4, 0.5) is 0 Å². The van der Waals surface area contributed by atoms with Gasteiger partial charge in [-0.05, 0) is 84.0 Å². The van der Waals surface area contributed by atoms with E-state index in [0.717, 1.165) is 38.9 Å². The first-order valence-electron chi connectivity index (χ1n) is 12.6. The molecule has 0 N–H and O–H groups in total. The summed E-state index contributed by atoms with van der Waals surface area (Å²) in [6.45, 7) is 13.3. The Morgan fingerprint density at radius 3 is 2.08 bits per heavy atom. The van der Waals surface area contributed by atoms with E-state index in [1.54, 1.807) is 0 Å². The highest BCUT2D eigenvalue weighted by Crippen LogP contribution is 2.41. The minimum Gasteiger partial charge on any atom is -0.455 e. The Morgan fingerprint density at radius 1 is 0.694 bits per heavy atom. The summed E-state index contributed by atoms with van der Waals surface area (Å²) in [7, 11) is 0. The lowest BCUT2D eigenvalue weighted by Crippen LogP contribution is -2.12. The zero-order chi connectivity index (χ0) is 25.2. The van der Waals surface area contributed by atoms with Crippen molar-refractivity contribution in [2.45, 2.75) is 47.0 Å². The Hall–Kier alpha value is -3.91. The first kappa shape index (κ1) is 22.5. The van der Waals surface area contributed by atoms with Crippen LogP contribution in [0.25, 0.3) is 55.2 Å². The number of hydrogen-bond acceptors (Lipinski definition) is 2. The summed E-state index contributed by atoms with van der Waals surface area (Å²) in [6.07, 6.45) is 0. The Balaban J connectivity index is 1.71. The van der Waals surface area contributed by atoms with E-state index >= 15 is 0 Å². The van der Waals surface area contributed by atoms with Gasteiger partial charge >= 0.3 is 0 Å². The first-order chi connectivity index (χ1) is 17.2. The number of hydrogen-bond donors (Lipinski definition) is 0. The minimum absolute atomic E-state index is 0.00323. The number of fused-ring (bicyclic) bond motifs is 4. The predicted molar refractivity (Wildman–Crippen MR) is 153 cm³/mol. The second kappa shape index (κ2) is 8.06. The quantitative estimate of drug-likeness (QED) is 0.252. The van der Waals surface area contributed by atoms with Crippen molar-refractivity contribution in [2.75, 3.05) is 0 Å². The fourth-order valence-electron chi connectivity index (χ4n) is 5.69. The van der Waals surface area contributed by atoms with Crippen LogP contribution in [0, 0.1) is 20.8 Å². The molecule has 6 aromatic rings. The third-order valence-corrected chi connectivity index (χ3v) is 7.23. The summed E-state index contributed by atoms with van der Waals surface area (Å²) >= 11 is 0. The van der Waals surface area contributed by atoms with Crippen molar-refractivity contribution in [3.05, 3.63) is 101 Å². The van der Waals surface area contributed by atoms with E-state index in [0.29, 0.717) is 0 Å². The molecule has 2 heteroatoms. The number of benzene rings is 4. The maximum absolute atomic E-state index is 6.68. The van der Waals surface area contributed by atoms with Gasteiger partial charge in [0.25, 0.3) is 0 Å².